The van der Waals surface area contributed by atoms with Crippen LogP contribution in [0.4, 0.5) is 0 Å². The number of likely N-dealkylation sites (tertiary alicyclic amines) is 1. The zero-order valence-electron chi connectivity index (χ0n) is 19.0. The molecule has 3 aliphatic rings. The average Bonchev–Trinajstić information content (AvgIpc) is 2.95. The maximum atomic E-state index is 14.0. The Labute approximate surface area is 191 Å². The smallest absolute Gasteiger partial charge is 0.229 e. The van der Waals surface area contributed by atoms with Crippen LogP contribution >= 0.6 is 0 Å². The minimum Gasteiger partial charge on any atom is -0.342 e. The molecule has 2 aliphatic heterocycles. The molecule has 0 N–H and O–H groups in total. The lowest BCUT2D eigenvalue weighted by molar-refractivity contribution is -0.150. The van der Waals surface area contributed by atoms with Crippen molar-refractivity contribution in [2.75, 3.05) is 13.1 Å². The van der Waals surface area contributed by atoms with E-state index in [0.717, 1.165) is 32.1 Å². The summed E-state index contributed by atoms with van der Waals surface area (Å²) in [6, 6.07) is 18.8. The fraction of sp³-hybridized carbons (Fsp3) is 0.500. The van der Waals surface area contributed by atoms with Crippen molar-refractivity contribution in [2.45, 2.75) is 64.5 Å². The molecule has 0 unspecified atom stereocenters. The zero-order valence-corrected chi connectivity index (χ0v) is 19.0. The Morgan fingerprint density at radius 3 is 2.25 bits per heavy atom. The summed E-state index contributed by atoms with van der Waals surface area (Å²) in [6.07, 6.45) is 8.02. The van der Waals surface area contributed by atoms with Gasteiger partial charge in [0.05, 0.1) is 5.41 Å². The topological polar surface area (TPSA) is 40.6 Å². The van der Waals surface area contributed by atoms with Crippen LogP contribution in [-0.4, -0.2) is 34.7 Å². The number of benzene rings is 2. The second-order valence-electron chi connectivity index (χ2n) is 10.0. The third-order valence-corrected chi connectivity index (χ3v) is 7.95. The van der Waals surface area contributed by atoms with Gasteiger partial charge in [-0.3, -0.25) is 9.59 Å². The van der Waals surface area contributed by atoms with Gasteiger partial charge in [-0.15, -0.1) is 0 Å². The number of carbonyl (C=O) groups excluding carboxylic acids is 2. The Bertz CT molecular complexity index is 956. The normalized spacial score (nSPS) is 21.3. The maximum absolute atomic E-state index is 14.0. The Kier molecular flexibility index (Phi) is 6.03. The Morgan fingerprint density at radius 1 is 0.875 bits per heavy atom. The second-order valence-corrected chi connectivity index (χ2v) is 10.0. The number of amides is 2. The molecule has 2 fully saturated rings. The highest BCUT2D eigenvalue weighted by molar-refractivity contribution is 5.85. The molecule has 1 spiro atoms. The summed E-state index contributed by atoms with van der Waals surface area (Å²) in [7, 11) is 0. The number of hydrogen-bond acceptors (Lipinski definition) is 2. The van der Waals surface area contributed by atoms with Crippen LogP contribution in [0.25, 0.3) is 0 Å². The van der Waals surface area contributed by atoms with Crippen LogP contribution in [0.15, 0.2) is 54.6 Å². The van der Waals surface area contributed by atoms with E-state index in [-0.39, 0.29) is 11.8 Å². The molecule has 4 nitrogen and oxygen atoms in total. The number of nitrogens with zero attached hydrogens (tertiary/aromatic N) is 2. The monoisotopic (exact) mass is 430 g/mol. The van der Waals surface area contributed by atoms with Crippen LogP contribution in [-0.2, 0) is 29.1 Å². The molecule has 1 saturated carbocycles. The Hall–Kier alpha value is -2.62. The van der Waals surface area contributed by atoms with Gasteiger partial charge in [0.15, 0.2) is 0 Å². The molecule has 1 saturated heterocycles. The first-order valence-corrected chi connectivity index (χ1v) is 12.3. The number of carbonyl (C=O) groups is 2. The maximum Gasteiger partial charge on any atom is 0.229 e. The molecule has 0 atom stereocenters. The number of piperidine rings is 1. The minimum atomic E-state index is -0.398. The number of rotatable bonds is 3. The lowest BCUT2D eigenvalue weighted by atomic mass is 9.72. The van der Waals surface area contributed by atoms with Crippen molar-refractivity contribution in [1.29, 1.82) is 0 Å². The molecule has 5 rings (SSSR count). The molecule has 32 heavy (non-hydrogen) atoms. The van der Waals surface area contributed by atoms with Crippen molar-refractivity contribution >= 4 is 11.8 Å². The van der Waals surface area contributed by atoms with E-state index in [2.05, 4.69) is 46.2 Å². The van der Waals surface area contributed by atoms with Crippen molar-refractivity contribution in [3.63, 3.8) is 0 Å². The average molecular weight is 431 g/mol. The molecule has 4 heteroatoms. The molecule has 0 aromatic heterocycles. The van der Waals surface area contributed by atoms with Gasteiger partial charge >= 0.3 is 0 Å². The van der Waals surface area contributed by atoms with Crippen molar-refractivity contribution < 1.29 is 9.59 Å². The van der Waals surface area contributed by atoms with E-state index in [1.807, 2.05) is 18.2 Å². The summed E-state index contributed by atoms with van der Waals surface area (Å²) in [5.74, 6) is 0.808. The Balaban J connectivity index is 1.37. The van der Waals surface area contributed by atoms with Crippen LogP contribution in [0.1, 0.15) is 61.6 Å². The predicted octanol–water partition coefficient (Wildman–Crippen LogP) is 4.96. The SMILES string of the molecule is O=C(C1CCCCC1)N1CCC2(CC1)Cc1ccccc1CN(Cc1ccccc1)C2=O. The molecule has 0 radical (unpaired) electrons. The number of fused-ring (bicyclic) bond motifs is 1. The summed E-state index contributed by atoms with van der Waals surface area (Å²) in [6.45, 7) is 2.72. The highest BCUT2D eigenvalue weighted by Gasteiger charge is 2.46. The lowest BCUT2D eigenvalue weighted by Gasteiger charge is -2.43. The third-order valence-electron chi connectivity index (χ3n) is 7.95. The first kappa shape index (κ1) is 21.2. The first-order valence-electron chi connectivity index (χ1n) is 12.3. The van der Waals surface area contributed by atoms with E-state index in [1.54, 1.807) is 0 Å². The quantitative estimate of drug-likeness (QED) is 0.690. The van der Waals surface area contributed by atoms with Gasteiger partial charge in [0.1, 0.15) is 0 Å². The van der Waals surface area contributed by atoms with Crippen molar-refractivity contribution in [3.8, 4) is 0 Å². The summed E-state index contributed by atoms with van der Waals surface area (Å²) >= 11 is 0. The second kappa shape index (κ2) is 9.09. The number of hydrogen-bond donors (Lipinski definition) is 0. The van der Waals surface area contributed by atoms with E-state index in [9.17, 15) is 9.59 Å². The van der Waals surface area contributed by atoms with Gasteiger partial charge in [-0.1, -0.05) is 73.9 Å². The van der Waals surface area contributed by atoms with Gasteiger partial charge in [-0.2, -0.15) is 0 Å². The van der Waals surface area contributed by atoms with E-state index < -0.39 is 5.41 Å². The summed E-state index contributed by atoms with van der Waals surface area (Å²) in [4.78, 5) is 31.2. The van der Waals surface area contributed by atoms with Crippen LogP contribution < -0.4 is 0 Å². The van der Waals surface area contributed by atoms with E-state index in [0.29, 0.717) is 32.1 Å². The van der Waals surface area contributed by atoms with Crippen LogP contribution in [0.3, 0.4) is 0 Å². The zero-order chi connectivity index (χ0) is 22.0. The van der Waals surface area contributed by atoms with Crippen LogP contribution in [0.2, 0.25) is 0 Å². The van der Waals surface area contributed by atoms with E-state index in [1.165, 1.54) is 36.0 Å². The summed E-state index contributed by atoms with van der Waals surface area (Å²) in [5.41, 5.74) is 3.32. The largest absolute Gasteiger partial charge is 0.342 e. The molecular weight excluding hydrogens is 396 g/mol. The van der Waals surface area contributed by atoms with E-state index >= 15 is 0 Å². The molecule has 2 heterocycles. The molecule has 2 aromatic carbocycles. The standard InChI is InChI=1S/C28H34N2O2/c31-26(23-11-5-2-6-12-23)29-17-15-28(16-18-29)19-24-13-7-8-14-25(24)21-30(27(28)32)20-22-9-3-1-4-10-22/h1,3-4,7-10,13-14,23H,2,5-6,11-12,15-21H2. The third kappa shape index (κ3) is 4.20. The molecule has 168 valence electrons. The van der Waals surface area contributed by atoms with Crippen LogP contribution in [0.5, 0.6) is 0 Å². The minimum absolute atomic E-state index is 0.206. The lowest BCUT2D eigenvalue weighted by Crippen LogP contribution is -2.52. The van der Waals surface area contributed by atoms with Gasteiger partial charge in [0.25, 0.3) is 0 Å². The molecule has 0 bridgehead atoms. The van der Waals surface area contributed by atoms with Gasteiger partial charge in [0.2, 0.25) is 11.8 Å². The highest BCUT2D eigenvalue weighted by Crippen LogP contribution is 2.41. The van der Waals surface area contributed by atoms with Gasteiger partial charge in [0, 0.05) is 32.1 Å². The van der Waals surface area contributed by atoms with Gasteiger partial charge in [-0.25, -0.2) is 0 Å². The van der Waals surface area contributed by atoms with Crippen molar-refractivity contribution in [1.82, 2.24) is 9.80 Å². The summed E-state index contributed by atoms with van der Waals surface area (Å²) in [5, 5.41) is 0. The van der Waals surface area contributed by atoms with Gasteiger partial charge < -0.3 is 9.80 Å². The van der Waals surface area contributed by atoms with Gasteiger partial charge in [-0.05, 0) is 48.8 Å². The highest BCUT2D eigenvalue weighted by atomic mass is 16.2. The predicted molar refractivity (Wildman–Crippen MR) is 126 cm³/mol. The van der Waals surface area contributed by atoms with Crippen LogP contribution in [0, 0.1) is 11.3 Å². The molecular formula is C28H34N2O2. The summed E-state index contributed by atoms with van der Waals surface area (Å²) < 4.78 is 0. The van der Waals surface area contributed by atoms with E-state index in [4.69, 9.17) is 0 Å². The molecule has 1 aliphatic carbocycles. The first-order chi connectivity index (χ1) is 15.6. The Morgan fingerprint density at radius 2 is 1.53 bits per heavy atom. The van der Waals surface area contributed by atoms with Crippen molar-refractivity contribution in [2.24, 2.45) is 11.3 Å². The van der Waals surface area contributed by atoms with Crippen molar-refractivity contribution in [3.05, 3.63) is 71.3 Å². The fourth-order valence-electron chi connectivity index (χ4n) is 6.02. The molecule has 2 aromatic rings. The molecule has 2 amide bonds. The fourth-order valence-corrected chi connectivity index (χ4v) is 6.02.